The highest BCUT2D eigenvalue weighted by Crippen LogP contribution is 2.24. The van der Waals surface area contributed by atoms with Crippen LogP contribution in [0.2, 0.25) is 0 Å². The van der Waals surface area contributed by atoms with Crippen molar-refractivity contribution < 1.29 is 0 Å². The van der Waals surface area contributed by atoms with Gasteiger partial charge in [-0.3, -0.25) is 4.90 Å². The number of benzene rings is 1. The van der Waals surface area contributed by atoms with Crippen molar-refractivity contribution in [2.75, 3.05) is 19.6 Å². The van der Waals surface area contributed by atoms with Crippen LogP contribution in [0.5, 0.6) is 0 Å². The lowest BCUT2D eigenvalue weighted by atomic mass is 10.1. The molecule has 1 aromatic heterocycles. The number of hydrogen-bond donors (Lipinski definition) is 1. The number of nitrogens with zero attached hydrogens (tertiary/aromatic N) is 1. The van der Waals surface area contributed by atoms with Crippen LogP contribution in [0.15, 0.2) is 41.8 Å². The number of aryl methyl sites for hydroxylation is 1. The van der Waals surface area contributed by atoms with Gasteiger partial charge in [-0.25, -0.2) is 0 Å². The van der Waals surface area contributed by atoms with Crippen molar-refractivity contribution in [2.24, 2.45) is 0 Å². The van der Waals surface area contributed by atoms with Gasteiger partial charge in [-0.15, -0.1) is 11.3 Å². The lowest BCUT2D eigenvalue weighted by Gasteiger charge is -2.29. The van der Waals surface area contributed by atoms with Gasteiger partial charge in [-0.2, -0.15) is 0 Å². The highest BCUT2D eigenvalue weighted by molar-refractivity contribution is 7.10. The van der Waals surface area contributed by atoms with Crippen molar-refractivity contribution in [1.29, 1.82) is 0 Å². The van der Waals surface area contributed by atoms with Crippen LogP contribution < -0.4 is 5.32 Å². The number of rotatable bonds is 8. The molecule has 2 nitrogen and oxygen atoms in total. The molecule has 0 radical (unpaired) electrons. The molecule has 3 heteroatoms. The molecule has 21 heavy (non-hydrogen) atoms. The molecule has 0 bridgehead atoms. The molecular weight excluding hydrogens is 276 g/mol. The Morgan fingerprint density at radius 1 is 1.10 bits per heavy atom. The summed E-state index contributed by atoms with van der Waals surface area (Å²) in [6.45, 7) is 10.8. The minimum atomic E-state index is 0.476. The summed E-state index contributed by atoms with van der Waals surface area (Å²) < 4.78 is 0. The Balaban J connectivity index is 1.98. The molecule has 2 rings (SSSR count). The standard InChI is InChI=1S/C18H26N2S/c1-4-20(5-2)17(18-11-8-12-21-18)14-19-13-16-10-7-6-9-15(16)3/h6-12,17,19H,4-5,13-14H2,1-3H3. The molecule has 2 aromatic rings. The monoisotopic (exact) mass is 302 g/mol. The predicted octanol–water partition coefficient (Wildman–Crippen LogP) is 4.23. The van der Waals surface area contributed by atoms with E-state index in [1.807, 2.05) is 11.3 Å². The molecule has 1 heterocycles. The molecule has 0 fully saturated rings. The molecule has 0 saturated heterocycles. The zero-order chi connectivity index (χ0) is 15.1. The van der Waals surface area contributed by atoms with Gasteiger partial charge in [0.2, 0.25) is 0 Å². The van der Waals surface area contributed by atoms with Gasteiger partial charge in [0.1, 0.15) is 0 Å². The van der Waals surface area contributed by atoms with Crippen molar-refractivity contribution in [3.8, 4) is 0 Å². The molecule has 1 N–H and O–H groups in total. The maximum atomic E-state index is 3.64. The number of nitrogens with one attached hydrogen (secondary N) is 1. The van der Waals surface area contributed by atoms with Crippen LogP contribution in [0.25, 0.3) is 0 Å². The average molecular weight is 302 g/mol. The van der Waals surface area contributed by atoms with E-state index in [2.05, 4.69) is 72.8 Å². The summed E-state index contributed by atoms with van der Waals surface area (Å²) in [5.41, 5.74) is 2.75. The first-order valence-corrected chi connectivity index (χ1v) is 8.66. The van der Waals surface area contributed by atoms with Gasteiger partial charge in [-0.1, -0.05) is 44.2 Å². The molecule has 1 aromatic carbocycles. The Morgan fingerprint density at radius 2 is 1.86 bits per heavy atom. The van der Waals surface area contributed by atoms with E-state index >= 15 is 0 Å². The Kier molecular flexibility index (Phi) is 6.43. The molecule has 0 aliphatic carbocycles. The van der Waals surface area contributed by atoms with E-state index in [-0.39, 0.29) is 0 Å². The number of likely N-dealkylation sites (N-methyl/N-ethyl adjacent to an activating group) is 1. The summed E-state index contributed by atoms with van der Waals surface area (Å²) in [7, 11) is 0. The lowest BCUT2D eigenvalue weighted by molar-refractivity contribution is 0.216. The van der Waals surface area contributed by atoms with Gasteiger partial charge in [-0.05, 0) is 42.6 Å². The minimum absolute atomic E-state index is 0.476. The van der Waals surface area contributed by atoms with E-state index in [4.69, 9.17) is 0 Å². The fraction of sp³-hybridized carbons (Fsp3) is 0.444. The quantitative estimate of drug-likeness (QED) is 0.785. The molecule has 0 saturated carbocycles. The summed E-state index contributed by atoms with van der Waals surface area (Å²) in [6.07, 6.45) is 0. The van der Waals surface area contributed by atoms with E-state index in [9.17, 15) is 0 Å². The smallest absolute Gasteiger partial charge is 0.0566 e. The topological polar surface area (TPSA) is 15.3 Å². The Labute approximate surface area is 132 Å². The molecule has 1 atom stereocenters. The van der Waals surface area contributed by atoms with Gasteiger partial charge < -0.3 is 5.32 Å². The fourth-order valence-corrected chi connectivity index (χ4v) is 3.57. The molecule has 0 spiro atoms. The fourth-order valence-electron chi connectivity index (χ4n) is 2.71. The van der Waals surface area contributed by atoms with E-state index in [0.29, 0.717) is 6.04 Å². The van der Waals surface area contributed by atoms with Crippen LogP contribution in [-0.4, -0.2) is 24.5 Å². The summed E-state index contributed by atoms with van der Waals surface area (Å²) in [4.78, 5) is 3.98. The van der Waals surface area contributed by atoms with E-state index < -0.39 is 0 Å². The lowest BCUT2D eigenvalue weighted by Crippen LogP contribution is -2.35. The van der Waals surface area contributed by atoms with E-state index in [0.717, 1.165) is 26.2 Å². The molecular formula is C18H26N2S. The Morgan fingerprint density at radius 3 is 2.48 bits per heavy atom. The van der Waals surface area contributed by atoms with Crippen molar-refractivity contribution in [2.45, 2.75) is 33.4 Å². The maximum Gasteiger partial charge on any atom is 0.0566 e. The highest BCUT2D eigenvalue weighted by atomic mass is 32.1. The van der Waals surface area contributed by atoms with Gasteiger partial charge in [0.05, 0.1) is 6.04 Å². The maximum absolute atomic E-state index is 3.64. The van der Waals surface area contributed by atoms with Gasteiger partial charge in [0.15, 0.2) is 0 Å². The van der Waals surface area contributed by atoms with Gasteiger partial charge in [0.25, 0.3) is 0 Å². The molecule has 114 valence electrons. The SMILES string of the molecule is CCN(CC)C(CNCc1ccccc1C)c1cccs1. The van der Waals surface area contributed by atoms with Gasteiger partial charge >= 0.3 is 0 Å². The highest BCUT2D eigenvalue weighted by Gasteiger charge is 2.18. The second kappa shape index (κ2) is 8.32. The predicted molar refractivity (Wildman–Crippen MR) is 92.9 cm³/mol. The Bertz CT molecular complexity index is 518. The summed E-state index contributed by atoms with van der Waals surface area (Å²) >= 11 is 1.86. The van der Waals surface area contributed by atoms with Crippen molar-refractivity contribution in [1.82, 2.24) is 10.2 Å². The van der Waals surface area contributed by atoms with Crippen LogP contribution >= 0.6 is 11.3 Å². The normalized spacial score (nSPS) is 12.8. The van der Waals surface area contributed by atoms with E-state index in [1.165, 1.54) is 16.0 Å². The van der Waals surface area contributed by atoms with E-state index in [1.54, 1.807) is 0 Å². The number of hydrogen-bond acceptors (Lipinski definition) is 3. The third kappa shape index (κ3) is 4.40. The molecule has 0 aliphatic rings. The van der Waals surface area contributed by atoms with Crippen LogP contribution in [0.3, 0.4) is 0 Å². The van der Waals surface area contributed by atoms with Crippen molar-refractivity contribution in [3.63, 3.8) is 0 Å². The summed E-state index contributed by atoms with van der Waals surface area (Å²) in [5.74, 6) is 0. The molecule has 0 amide bonds. The van der Waals surface area contributed by atoms with Crippen LogP contribution in [0.4, 0.5) is 0 Å². The zero-order valence-electron chi connectivity index (χ0n) is 13.3. The van der Waals surface area contributed by atoms with Gasteiger partial charge in [0, 0.05) is 18.0 Å². The largest absolute Gasteiger partial charge is 0.311 e. The third-order valence-corrected chi connectivity index (χ3v) is 5.01. The molecule has 1 unspecified atom stereocenters. The Hall–Kier alpha value is -1.16. The molecule has 0 aliphatic heterocycles. The summed E-state index contributed by atoms with van der Waals surface area (Å²) in [5, 5.41) is 5.82. The van der Waals surface area contributed by atoms with Crippen LogP contribution in [-0.2, 0) is 6.54 Å². The second-order valence-electron chi connectivity index (χ2n) is 5.31. The summed E-state index contributed by atoms with van der Waals surface area (Å²) in [6, 6.07) is 13.5. The van der Waals surface area contributed by atoms with Crippen LogP contribution in [0.1, 0.15) is 35.9 Å². The first kappa shape index (κ1) is 16.2. The van der Waals surface area contributed by atoms with Crippen molar-refractivity contribution >= 4 is 11.3 Å². The first-order chi connectivity index (χ1) is 10.3. The first-order valence-electron chi connectivity index (χ1n) is 7.78. The number of thiophene rings is 1. The van der Waals surface area contributed by atoms with Crippen LogP contribution in [0, 0.1) is 6.92 Å². The second-order valence-corrected chi connectivity index (χ2v) is 6.29. The zero-order valence-corrected chi connectivity index (χ0v) is 14.1. The average Bonchev–Trinajstić information content (AvgIpc) is 3.02. The minimum Gasteiger partial charge on any atom is -0.311 e. The third-order valence-electron chi connectivity index (χ3n) is 4.04. The van der Waals surface area contributed by atoms with Crippen molar-refractivity contribution in [3.05, 3.63) is 57.8 Å².